The van der Waals surface area contributed by atoms with Crippen LogP contribution in [0.1, 0.15) is 5.56 Å². The van der Waals surface area contributed by atoms with Gasteiger partial charge in [-0.05, 0) is 48.9 Å². The molecule has 0 bridgehead atoms. The first-order valence-electron chi connectivity index (χ1n) is 9.12. The molecule has 0 spiro atoms. The van der Waals surface area contributed by atoms with Gasteiger partial charge in [-0.2, -0.15) is 0 Å². The summed E-state index contributed by atoms with van der Waals surface area (Å²) in [6.07, 6.45) is 0. The van der Waals surface area contributed by atoms with Gasteiger partial charge in [-0.25, -0.2) is 0 Å². The van der Waals surface area contributed by atoms with E-state index in [0.29, 0.717) is 6.54 Å². The molecule has 1 heterocycles. The van der Waals surface area contributed by atoms with E-state index in [-0.39, 0.29) is 5.91 Å². The molecule has 0 unspecified atom stereocenters. The highest BCUT2D eigenvalue weighted by Crippen LogP contribution is 2.18. The Kier molecular flexibility index (Phi) is 5.78. The fraction of sp³-hybridized carbons (Fsp3) is 0.381. The number of aryl methyl sites for hydroxylation is 1. The lowest BCUT2D eigenvalue weighted by molar-refractivity contribution is -0.117. The lowest BCUT2D eigenvalue weighted by Crippen LogP contribution is -2.48. The molecule has 138 valence electrons. The second-order valence-corrected chi connectivity index (χ2v) is 7.09. The second-order valence-electron chi connectivity index (χ2n) is 7.09. The number of benzene rings is 2. The molecular weight excluding hydrogens is 324 g/mol. The van der Waals surface area contributed by atoms with Crippen molar-refractivity contribution in [2.45, 2.75) is 6.92 Å². The van der Waals surface area contributed by atoms with E-state index >= 15 is 0 Å². The van der Waals surface area contributed by atoms with Gasteiger partial charge < -0.3 is 15.1 Å². The van der Waals surface area contributed by atoms with Crippen LogP contribution in [-0.2, 0) is 4.79 Å². The number of piperazine rings is 1. The van der Waals surface area contributed by atoms with Gasteiger partial charge in [0.1, 0.15) is 0 Å². The summed E-state index contributed by atoms with van der Waals surface area (Å²) in [4.78, 5) is 19.0. The largest absolute Gasteiger partial charge is 0.378 e. The number of anilines is 3. The lowest BCUT2D eigenvalue weighted by atomic mass is 10.2. The van der Waals surface area contributed by atoms with Gasteiger partial charge in [-0.15, -0.1) is 0 Å². The number of nitrogens with zero attached hydrogens (tertiary/aromatic N) is 3. The summed E-state index contributed by atoms with van der Waals surface area (Å²) >= 11 is 0. The van der Waals surface area contributed by atoms with Gasteiger partial charge in [0.25, 0.3) is 0 Å². The molecule has 1 fully saturated rings. The Bertz CT molecular complexity index is 734. The van der Waals surface area contributed by atoms with E-state index in [1.54, 1.807) is 0 Å². The van der Waals surface area contributed by atoms with Crippen molar-refractivity contribution in [3.05, 3.63) is 54.1 Å². The van der Waals surface area contributed by atoms with Crippen LogP contribution in [0.2, 0.25) is 0 Å². The smallest absolute Gasteiger partial charge is 0.238 e. The SMILES string of the molecule is Cc1cccc(N2CCN(CC(=O)Nc3ccc(N(C)C)cc3)CC2)c1. The fourth-order valence-electron chi connectivity index (χ4n) is 3.24. The minimum absolute atomic E-state index is 0.0478. The number of carbonyl (C=O) groups is 1. The summed E-state index contributed by atoms with van der Waals surface area (Å²) in [5.74, 6) is 0.0478. The molecule has 2 aromatic rings. The standard InChI is InChI=1S/C21H28N4O/c1-17-5-4-6-20(15-17)25-13-11-24(12-14-25)16-21(26)22-18-7-9-19(10-8-18)23(2)3/h4-10,15H,11-14,16H2,1-3H3,(H,22,26). The summed E-state index contributed by atoms with van der Waals surface area (Å²) in [6, 6.07) is 16.5. The van der Waals surface area contributed by atoms with Crippen LogP contribution >= 0.6 is 0 Å². The summed E-state index contributed by atoms with van der Waals surface area (Å²) in [7, 11) is 4.01. The molecule has 3 rings (SSSR count). The van der Waals surface area contributed by atoms with E-state index in [0.717, 1.165) is 37.6 Å². The van der Waals surface area contributed by atoms with Crippen molar-refractivity contribution >= 4 is 23.0 Å². The Morgan fingerprint density at radius 3 is 2.35 bits per heavy atom. The van der Waals surface area contributed by atoms with Gasteiger partial charge >= 0.3 is 0 Å². The van der Waals surface area contributed by atoms with Crippen molar-refractivity contribution in [3.8, 4) is 0 Å². The molecular formula is C21H28N4O. The van der Waals surface area contributed by atoms with E-state index in [1.807, 2.05) is 43.3 Å². The number of carbonyl (C=O) groups excluding carboxylic acids is 1. The fourth-order valence-corrected chi connectivity index (χ4v) is 3.24. The van der Waals surface area contributed by atoms with Crippen molar-refractivity contribution in [2.75, 3.05) is 61.9 Å². The third-order valence-corrected chi connectivity index (χ3v) is 4.77. The molecule has 1 amide bonds. The molecule has 0 saturated carbocycles. The van der Waals surface area contributed by atoms with Crippen LogP contribution in [0.5, 0.6) is 0 Å². The number of rotatable bonds is 5. The third-order valence-electron chi connectivity index (χ3n) is 4.77. The Morgan fingerprint density at radius 2 is 1.73 bits per heavy atom. The summed E-state index contributed by atoms with van der Waals surface area (Å²) in [5.41, 5.74) is 4.52. The maximum atomic E-state index is 12.3. The maximum Gasteiger partial charge on any atom is 0.238 e. The average Bonchev–Trinajstić information content (AvgIpc) is 2.62. The van der Waals surface area contributed by atoms with E-state index in [1.165, 1.54) is 11.3 Å². The van der Waals surface area contributed by atoms with Crippen LogP contribution in [-0.4, -0.2) is 57.6 Å². The number of amides is 1. The summed E-state index contributed by atoms with van der Waals surface area (Å²) in [5, 5.41) is 2.99. The van der Waals surface area contributed by atoms with Crippen LogP contribution in [0.4, 0.5) is 17.1 Å². The number of hydrogen-bond acceptors (Lipinski definition) is 4. The zero-order chi connectivity index (χ0) is 18.5. The lowest BCUT2D eigenvalue weighted by Gasteiger charge is -2.35. The molecule has 0 aliphatic carbocycles. The summed E-state index contributed by atoms with van der Waals surface area (Å²) in [6.45, 7) is 6.27. The Morgan fingerprint density at radius 1 is 1.04 bits per heavy atom. The van der Waals surface area contributed by atoms with Crippen molar-refractivity contribution in [1.82, 2.24) is 4.90 Å². The highest BCUT2D eigenvalue weighted by Gasteiger charge is 2.19. The van der Waals surface area contributed by atoms with Crippen LogP contribution < -0.4 is 15.1 Å². The van der Waals surface area contributed by atoms with Crippen molar-refractivity contribution in [2.24, 2.45) is 0 Å². The van der Waals surface area contributed by atoms with Gasteiger partial charge in [0.2, 0.25) is 5.91 Å². The Hall–Kier alpha value is -2.53. The molecule has 1 N–H and O–H groups in total. The highest BCUT2D eigenvalue weighted by molar-refractivity contribution is 5.92. The van der Waals surface area contributed by atoms with Crippen LogP contribution in [0.25, 0.3) is 0 Å². The first kappa shape index (κ1) is 18.3. The molecule has 5 nitrogen and oxygen atoms in total. The molecule has 0 radical (unpaired) electrons. The van der Waals surface area contributed by atoms with Crippen LogP contribution in [0.15, 0.2) is 48.5 Å². The number of nitrogens with one attached hydrogen (secondary N) is 1. The van der Waals surface area contributed by atoms with E-state index in [4.69, 9.17) is 0 Å². The molecule has 0 atom stereocenters. The molecule has 26 heavy (non-hydrogen) atoms. The van der Waals surface area contributed by atoms with Crippen molar-refractivity contribution < 1.29 is 4.79 Å². The third kappa shape index (κ3) is 4.76. The normalized spacial score (nSPS) is 15.0. The number of hydrogen-bond donors (Lipinski definition) is 1. The van der Waals surface area contributed by atoms with E-state index in [2.05, 4.69) is 46.3 Å². The first-order valence-corrected chi connectivity index (χ1v) is 9.12. The topological polar surface area (TPSA) is 38.8 Å². The molecule has 5 heteroatoms. The van der Waals surface area contributed by atoms with E-state index < -0.39 is 0 Å². The zero-order valence-electron chi connectivity index (χ0n) is 15.9. The second kappa shape index (κ2) is 8.23. The van der Waals surface area contributed by atoms with Gasteiger partial charge in [0.15, 0.2) is 0 Å². The predicted molar refractivity (Wildman–Crippen MR) is 109 cm³/mol. The van der Waals surface area contributed by atoms with Crippen LogP contribution in [0.3, 0.4) is 0 Å². The molecule has 1 aliphatic heterocycles. The average molecular weight is 352 g/mol. The van der Waals surface area contributed by atoms with Crippen LogP contribution in [0, 0.1) is 6.92 Å². The van der Waals surface area contributed by atoms with Gasteiger partial charge in [-0.3, -0.25) is 9.69 Å². The summed E-state index contributed by atoms with van der Waals surface area (Å²) < 4.78 is 0. The van der Waals surface area contributed by atoms with Gasteiger partial charge in [0.05, 0.1) is 6.54 Å². The molecule has 1 saturated heterocycles. The first-order chi connectivity index (χ1) is 12.5. The van der Waals surface area contributed by atoms with E-state index in [9.17, 15) is 4.79 Å². The minimum Gasteiger partial charge on any atom is -0.378 e. The van der Waals surface area contributed by atoms with Gasteiger partial charge in [0, 0.05) is 57.3 Å². The Balaban J connectivity index is 1.47. The molecule has 2 aromatic carbocycles. The van der Waals surface area contributed by atoms with Crippen molar-refractivity contribution in [1.29, 1.82) is 0 Å². The molecule has 1 aliphatic rings. The molecule has 0 aromatic heterocycles. The minimum atomic E-state index is 0.0478. The Labute approximate surface area is 156 Å². The highest BCUT2D eigenvalue weighted by atomic mass is 16.2. The monoisotopic (exact) mass is 352 g/mol. The predicted octanol–water partition coefficient (Wildman–Crippen LogP) is 2.82. The van der Waals surface area contributed by atoms with Crippen molar-refractivity contribution in [3.63, 3.8) is 0 Å². The zero-order valence-corrected chi connectivity index (χ0v) is 15.9. The maximum absolute atomic E-state index is 12.3. The quantitative estimate of drug-likeness (QED) is 0.898. The van der Waals surface area contributed by atoms with Gasteiger partial charge in [-0.1, -0.05) is 12.1 Å².